The molecule has 12 nitrogen and oxygen atoms in total. The van der Waals surface area contributed by atoms with Crippen molar-refractivity contribution in [2.75, 3.05) is 31.9 Å². The number of hydrogen-bond acceptors (Lipinski definition) is 11. The lowest BCUT2D eigenvalue weighted by atomic mass is 9.83. The van der Waals surface area contributed by atoms with E-state index in [0.29, 0.717) is 23.4 Å². The van der Waals surface area contributed by atoms with Crippen LogP contribution in [0.2, 0.25) is 5.02 Å². The number of aryl methyl sites for hydroxylation is 1. The molecule has 2 amide bonds. The Balaban J connectivity index is 1.49. The largest absolute Gasteiger partial charge is 0.495 e. The van der Waals surface area contributed by atoms with E-state index in [2.05, 4.69) is 5.32 Å². The number of nitrogens with zero attached hydrogens (tertiary/aromatic N) is 1. The molecule has 0 saturated carbocycles. The number of halogens is 1. The first-order valence-corrected chi connectivity index (χ1v) is 18.7. The molecule has 53 heavy (non-hydrogen) atoms. The summed E-state index contributed by atoms with van der Waals surface area (Å²) in [5.74, 6) is -1.21. The van der Waals surface area contributed by atoms with Gasteiger partial charge in [0, 0.05) is 37.0 Å². The highest BCUT2D eigenvalue weighted by molar-refractivity contribution is 8.00. The fraction of sp³-hybridized carbons (Fsp3) is 0.487. The predicted octanol–water partition coefficient (Wildman–Crippen LogP) is 5.97. The van der Waals surface area contributed by atoms with Crippen LogP contribution in [0.15, 0.2) is 59.0 Å². The molecule has 4 bridgehead atoms. The van der Waals surface area contributed by atoms with Gasteiger partial charge in [-0.2, -0.15) is 0 Å². The molecule has 3 aliphatic rings. The second kappa shape index (κ2) is 16.2. The number of ketones is 1. The van der Waals surface area contributed by atoms with Gasteiger partial charge in [-0.3, -0.25) is 19.7 Å². The number of epoxide rings is 1. The van der Waals surface area contributed by atoms with E-state index >= 15 is 0 Å². The van der Waals surface area contributed by atoms with Crippen molar-refractivity contribution in [1.29, 1.82) is 0 Å². The Labute approximate surface area is 319 Å². The lowest BCUT2D eigenvalue weighted by Crippen LogP contribution is -2.63. The number of hydrogen-bond donors (Lipinski definition) is 2. The molecule has 0 aliphatic carbocycles. The summed E-state index contributed by atoms with van der Waals surface area (Å²) in [4.78, 5) is 54.5. The van der Waals surface area contributed by atoms with Crippen LogP contribution in [0, 0.1) is 12.8 Å². The summed E-state index contributed by atoms with van der Waals surface area (Å²) in [5, 5.41) is 14.5. The number of rotatable bonds is 7. The van der Waals surface area contributed by atoms with Crippen LogP contribution in [0.5, 0.6) is 5.75 Å². The van der Waals surface area contributed by atoms with E-state index in [1.807, 2.05) is 32.9 Å². The minimum Gasteiger partial charge on any atom is -0.495 e. The van der Waals surface area contributed by atoms with Crippen molar-refractivity contribution in [3.63, 3.8) is 0 Å². The third-order valence-electron chi connectivity index (χ3n) is 10.2. The van der Waals surface area contributed by atoms with Gasteiger partial charge in [-0.05, 0) is 69.5 Å². The van der Waals surface area contributed by atoms with Gasteiger partial charge in [0.15, 0.2) is 11.5 Å². The number of anilines is 1. The summed E-state index contributed by atoms with van der Waals surface area (Å²) in [6.45, 7) is 8.85. The monoisotopic (exact) mass is 770 g/mol. The predicted molar refractivity (Wildman–Crippen MR) is 201 cm³/mol. The normalized spacial score (nSPS) is 30.6. The van der Waals surface area contributed by atoms with E-state index in [1.165, 1.54) is 37.8 Å². The minimum atomic E-state index is -1.81. The third kappa shape index (κ3) is 8.92. The first kappa shape index (κ1) is 40.3. The molecule has 2 saturated heterocycles. The number of Topliss-reactive ketones (excluding diaryl/α,β-unsaturated/α-hetero) is 1. The van der Waals surface area contributed by atoms with Gasteiger partial charge < -0.3 is 33.7 Å². The molecule has 0 radical (unpaired) electrons. The van der Waals surface area contributed by atoms with Crippen molar-refractivity contribution in [3.05, 3.63) is 75.8 Å². The Morgan fingerprint density at radius 1 is 1.17 bits per heavy atom. The fourth-order valence-electron chi connectivity index (χ4n) is 6.97. The second-order valence-corrected chi connectivity index (χ2v) is 15.5. The van der Waals surface area contributed by atoms with Gasteiger partial charge in [0.05, 0.1) is 31.1 Å². The number of amides is 2. The number of aliphatic hydroxyl groups is 1. The third-order valence-corrected chi connectivity index (χ3v) is 11.7. The van der Waals surface area contributed by atoms with Crippen molar-refractivity contribution >= 4 is 52.8 Å². The highest BCUT2D eigenvalue weighted by Crippen LogP contribution is 2.49. The molecule has 5 rings (SSSR count). The van der Waals surface area contributed by atoms with Crippen LogP contribution in [-0.4, -0.2) is 91.6 Å². The van der Waals surface area contributed by atoms with Gasteiger partial charge in [0.25, 0.3) is 0 Å². The van der Waals surface area contributed by atoms with Crippen LogP contribution < -0.4 is 15.0 Å². The number of esters is 1. The SMILES string of the molecule is COc1cc2cc(c1Cl)N(C)C(=O)C[C@H](OC(=O)CSc1ccc(C(C)=O)cc1C)C1(C)OC1C(C)[C@@H]1C[C@@](O)(NC(=O)O1)[C@H](OC)/C=C/C=C(\C)C2. The van der Waals surface area contributed by atoms with E-state index in [4.69, 9.17) is 35.3 Å². The number of alkyl carbamates (subject to hydrolysis) is 1. The first-order chi connectivity index (χ1) is 25.0. The summed E-state index contributed by atoms with van der Waals surface area (Å²) in [6.07, 6.45) is 1.22. The molecule has 2 fully saturated rings. The summed E-state index contributed by atoms with van der Waals surface area (Å²) in [6, 6.07) is 8.89. The Hall–Kier alpha value is -3.88. The Morgan fingerprint density at radius 3 is 2.57 bits per heavy atom. The Morgan fingerprint density at radius 2 is 1.91 bits per heavy atom. The highest BCUT2D eigenvalue weighted by atomic mass is 35.5. The molecule has 2 aromatic rings. The molecule has 3 aliphatic heterocycles. The van der Waals surface area contributed by atoms with Crippen LogP contribution in [0.1, 0.15) is 62.0 Å². The van der Waals surface area contributed by atoms with Crippen LogP contribution in [0.25, 0.3) is 0 Å². The summed E-state index contributed by atoms with van der Waals surface area (Å²) < 4.78 is 29.2. The lowest BCUT2D eigenvalue weighted by molar-refractivity contribution is -0.150. The van der Waals surface area contributed by atoms with E-state index in [0.717, 1.165) is 21.6 Å². The Kier molecular flexibility index (Phi) is 12.3. The fourth-order valence-corrected chi connectivity index (χ4v) is 8.07. The molecule has 0 spiro atoms. The average molecular weight is 771 g/mol. The highest BCUT2D eigenvalue weighted by Gasteiger charge is 2.64. The number of methoxy groups -OCH3 is 2. The summed E-state index contributed by atoms with van der Waals surface area (Å²) in [5.41, 5.74) is 0.625. The number of ether oxygens (including phenoxy) is 5. The van der Waals surface area contributed by atoms with E-state index < -0.39 is 59.6 Å². The zero-order valence-electron chi connectivity index (χ0n) is 31.2. The molecular formula is C39H47ClN2O10S. The van der Waals surface area contributed by atoms with Crippen molar-refractivity contribution in [3.8, 4) is 5.75 Å². The summed E-state index contributed by atoms with van der Waals surface area (Å²) >= 11 is 8.02. The molecule has 7 atom stereocenters. The number of carbonyl (C=O) groups excluding carboxylic acids is 4. The molecule has 2 N–H and O–H groups in total. The lowest BCUT2D eigenvalue weighted by Gasteiger charge is -2.42. The number of thioether (sulfide) groups is 1. The minimum absolute atomic E-state index is 0.0317. The number of allylic oxidation sites excluding steroid dienone is 3. The van der Waals surface area contributed by atoms with Crippen LogP contribution in [-0.2, 0) is 35.0 Å². The van der Waals surface area contributed by atoms with Crippen molar-refractivity contribution in [1.82, 2.24) is 5.32 Å². The molecule has 14 heteroatoms. The molecule has 2 aromatic carbocycles. The van der Waals surface area contributed by atoms with Gasteiger partial charge in [-0.1, -0.05) is 48.4 Å². The molecule has 0 aromatic heterocycles. The molecule has 3 heterocycles. The van der Waals surface area contributed by atoms with Gasteiger partial charge in [0.2, 0.25) is 5.91 Å². The van der Waals surface area contributed by atoms with Crippen LogP contribution in [0.3, 0.4) is 0 Å². The number of fused-ring (bicyclic) bond motifs is 5. The van der Waals surface area contributed by atoms with E-state index in [1.54, 1.807) is 50.4 Å². The van der Waals surface area contributed by atoms with Crippen molar-refractivity contribution in [2.45, 2.75) is 94.5 Å². The average Bonchev–Trinajstić information content (AvgIpc) is 3.80. The second-order valence-electron chi connectivity index (χ2n) is 14.1. The van der Waals surface area contributed by atoms with E-state index in [9.17, 15) is 24.3 Å². The van der Waals surface area contributed by atoms with Gasteiger partial charge in [0.1, 0.15) is 34.7 Å². The zero-order valence-corrected chi connectivity index (χ0v) is 32.8. The maximum absolute atomic E-state index is 14.1. The maximum atomic E-state index is 14.1. The number of carbonyl (C=O) groups is 4. The maximum Gasteiger partial charge on any atom is 0.409 e. The molecule has 3 unspecified atom stereocenters. The quantitative estimate of drug-likeness (QED) is 0.148. The topological polar surface area (TPSA) is 153 Å². The van der Waals surface area contributed by atoms with Crippen LogP contribution in [0.4, 0.5) is 10.5 Å². The molecule has 286 valence electrons. The number of nitrogens with one attached hydrogen (secondary N) is 1. The smallest absolute Gasteiger partial charge is 0.409 e. The zero-order chi connectivity index (χ0) is 38.8. The summed E-state index contributed by atoms with van der Waals surface area (Å²) in [7, 11) is 4.53. The van der Waals surface area contributed by atoms with Gasteiger partial charge in [-0.15, -0.1) is 11.8 Å². The standard InChI is InChI=1S/C39H47ClN2O10S/c1-21-10-9-11-31(49-8)39(47)19-29(50-37(46)41-39)23(3)36-38(5,52-36)32(51-34(45)20-53-30-13-12-26(24(4)43)15-22(30)2)18-33(44)42(6)27-16-25(14-21)17-28(48-7)35(27)40/h9-13,15-17,23,29,31-32,36,47H,14,18-20H2,1-8H3,(H,41,46)/b11-9+,21-10+/t23?,29-,31+,32-,36?,38?,39-/m0/s1. The van der Waals surface area contributed by atoms with Crippen molar-refractivity contribution < 1.29 is 48.0 Å². The van der Waals surface area contributed by atoms with Crippen molar-refractivity contribution in [2.24, 2.45) is 5.92 Å². The molecular weight excluding hydrogens is 724 g/mol. The van der Waals surface area contributed by atoms with Gasteiger partial charge in [-0.25, -0.2) is 4.79 Å². The van der Waals surface area contributed by atoms with Gasteiger partial charge >= 0.3 is 12.1 Å². The number of benzene rings is 2. The Bertz CT molecular complexity index is 1830. The van der Waals surface area contributed by atoms with E-state index in [-0.39, 0.29) is 29.4 Å². The van der Waals surface area contributed by atoms with Crippen LogP contribution >= 0.6 is 23.4 Å². The first-order valence-electron chi connectivity index (χ1n) is 17.3.